The summed E-state index contributed by atoms with van der Waals surface area (Å²) in [5.41, 5.74) is -0.887. The maximum atomic E-state index is 12.4. The molecular formula is C14H20BrNO3S. The molecule has 1 rings (SSSR count). The quantitative estimate of drug-likeness (QED) is 0.845. The van der Waals surface area contributed by atoms with Crippen molar-refractivity contribution in [2.45, 2.75) is 39.3 Å². The summed E-state index contributed by atoms with van der Waals surface area (Å²) in [6, 6.07) is 3.70. The van der Waals surface area contributed by atoms with Gasteiger partial charge in [0.2, 0.25) is 0 Å². The highest BCUT2D eigenvalue weighted by Crippen LogP contribution is 2.30. The highest BCUT2D eigenvalue weighted by atomic mass is 79.9. The number of amides is 1. The van der Waals surface area contributed by atoms with Crippen molar-refractivity contribution in [3.8, 4) is 0 Å². The topological polar surface area (TPSA) is 55.4 Å². The first kappa shape index (κ1) is 17.3. The molecule has 1 heterocycles. The van der Waals surface area contributed by atoms with Crippen molar-refractivity contribution in [1.82, 2.24) is 5.32 Å². The van der Waals surface area contributed by atoms with Crippen LogP contribution in [0, 0.1) is 5.92 Å². The van der Waals surface area contributed by atoms with E-state index in [1.807, 2.05) is 26.0 Å². The van der Waals surface area contributed by atoms with Crippen LogP contribution in [-0.2, 0) is 14.3 Å². The SMILES string of the molecule is COC(C(=O)NC(C)(C(C)=O)C(C)C)c1ccc(Br)s1. The van der Waals surface area contributed by atoms with Crippen LogP contribution in [0.25, 0.3) is 0 Å². The van der Waals surface area contributed by atoms with Gasteiger partial charge in [-0.05, 0) is 47.8 Å². The number of carbonyl (C=O) groups is 2. The van der Waals surface area contributed by atoms with Gasteiger partial charge in [0.15, 0.2) is 11.9 Å². The minimum Gasteiger partial charge on any atom is -0.366 e. The summed E-state index contributed by atoms with van der Waals surface area (Å²) in [5, 5.41) is 2.83. The maximum Gasteiger partial charge on any atom is 0.255 e. The van der Waals surface area contributed by atoms with Crippen LogP contribution in [0.1, 0.15) is 38.7 Å². The van der Waals surface area contributed by atoms with Gasteiger partial charge in [-0.25, -0.2) is 0 Å². The number of ether oxygens (including phenoxy) is 1. The standard InChI is InChI=1S/C14H20BrNO3S/c1-8(2)14(4,9(3)17)16-13(18)12(19-5)10-6-7-11(15)20-10/h6-8,12H,1-5H3,(H,16,18). The Bertz CT molecular complexity index is 500. The van der Waals surface area contributed by atoms with Gasteiger partial charge < -0.3 is 10.1 Å². The first-order valence-corrected chi connectivity index (χ1v) is 7.94. The van der Waals surface area contributed by atoms with E-state index in [0.29, 0.717) is 0 Å². The molecule has 0 bridgehead atoms. The molecular weight excluding hydrogens is 342 g/mol. The van der Waals surface area contributed by atoms with Gasteiger partial charge in [0.1, 0.15) is 0 Å². The van der Waals surface area contributed by atoms with Gasteiger partial charge >= 0.3 is 0 Å². The number of thiophene rings is 1. The number of Topliss-reactive ketones (excluding diaryl/α,β-unsaturated/α-hetero) is 1. The summed E-state index contributed by atoms with van der Waals surface area (Å²) in [4.78, 5) is 25.0. The van der Waals surface area contributed by atoms with Crippen LogP contribution in [0.5, 0.6) is 0 Å². The van der Waals surface area contributed by atoms with Gasteiger partial charge in [-0.1, -0.05) is 13.8 Å². The molecule has 0 fully saturated rings. The van der Waals surface area contributed by atoms with Crippen LogP contribution < -0.4 is 5.32 Å². The number of carbonyl (C=O) groups excluding carboxylic acids is 2. The molecule has 112 valence electrons. The van der Waals surface area contributed by atoms with Gasteiger partial charge in [0.05, 0.1) is 9.33 Å². The second kappa shape index (κ2) is 6.83. The van der Waals surface area contributed by atoms with E-state index in [2.05, 4.69) is 21.2 Å². The molecule has 0 saturated carbocycles. The lowest BCUT2D eigenvalue weighted by atomic mass is 9.84. The van der Waals surface area contributed by atoms with Gasteiger partial charge in [-0.15, -0.1) is 11.3 Å². The Balaban J connectivity index is 2.95. The Labute approximate surface area is 132 Å². The van der Waals surface area contributed by atoms with E-state index in [1.165, 1.54) is 25.4 Å². The van der Waals surface area contributed by atoms with Crippen LogP contribution in [-0.4, -0.2) is 24.3 Å². The number of hydrogen-bond donors (Lipinski definition) is 1. The van der Waals surface area contributed by atoms with E-state index in [-0.39, 0.29) is 17.6 Å². The third kappa shape index (κ3) is 3.68. The lowest BCUT2D eigenvalue weighted by Gasteiger charge is -2.33. The summed E-state index contributed by atoms with van der Waals surface area (Å²) in [7, 11) is 1.48. The Morgan fingerprint density at radius 3 is 2.35 bits per heavy atom. The highest BCUT2D eigenvalue weighted by molar-refractivity contribution is 9.11. The third-order valence-electron chi connectivity index (χ3n) is 3.60. The van der Waals surface area contributed by atoms with E-state index >= 15 is 0 Å². The van der Waals surface area contributed by atoms with Gasteiger partial charge in [-0.2, -0.15) is 0 Å². The molecule has 1 N–H and O–H groups in total. The van der Waals surface area contributed by atoms with Gasteiger partial charge in [-0.3, -0.25) is 9.59 Å². The Kier molecular flexibility index (Phi) is 5.91. The van der Waals surface area contributed by atoms with Crippen molar-refractivity contribution in [3.05, 3.63) is 20.8 Å². The number of nitrogens with one attached hydrogen (secondary N) is 1. The van der Waals surface area contributed by atoms with Gasteiger partial charge in [0, 0.05) is 12.0 Å². The molecule has 6 heteroatoms. The zero-order chi connectivity index (χ0) is 15.5. The van der Waals surface area contributed by atoms with Crippen molar-refractivity contribution in [2.75, 3.05) is 7.11 Å². The second-order valence-corrected chi connectivity index (χ2v) is 7.65. The first-order valence-electron chi connectivity index (χ1n) is 6.33. The Hall–Kier alpha value is -0.720. The zero-order valence-electron chi connectivity index (χ0n) is 12.3. The highest BCUT2D eigenvalue weighted by Gasteiger charge is 2.37. The molecule has 2 unspecified atom stereocenters. The minimum atomic E-state index is -0.887. The smallest absolute Gasteiger partial charge is 0.255 e. The van der Waals surface area contributed by atoms with Crippen LogP contribution in [0.2, 0.25) is 0 Å². The van der Waals surface area contributed by atoms with Gasteiger partial charge in [0.25, 0.3) is 5.91 Å². The fourth-order valence-corrected chi connectivity index (χ4v) is 3.28. The largest absolute Gasteiger partial charge is 0.366 e. The number of hydrogen-bond acceptors (Lipinski definition) is 4. The molecule has 0 aromatic carbocycles. The van der Waals surface area contributed by atoms with Crippen LogP contribution in [0.4, 0.5) is 0 Å². The number of rotatable bonds is 6. The fraction of sp³-hybridized carbons (Fsp3) is 0.571. The average molecular weight is 362 g/mol. The normalized spacial score (nSPS) is 15.8. The molecule has 2 atom stereocenters. The number of ketones is 1. The molecule has 1 aromatic heterocycles. The Morgan fingerprint density at radius 1 is 1.40 bits per heavy atom. The van der Waals surface area contributed by atoms with Crippen LogP contribution in [0.3, 0.4) is 0 Å². The van der Waals surface area contributed by atoms with E-state index < -0.39 is 11.6 Å². The van der Waals surface area contributed by atoms with Crippen LogP contribution >= 0.6 is 27.3 Å². The monoisotopic (exact) mass is 361 g/mol. The average Bonchev–Trinajstić information content (AvgIpc) is 2.75. The Morgan fingerprint density at radius 2 is 2.00 bits per heavy atom. The summed E-state index contributed by atoms with van der Waals surface area (Å²) in [5.74, 6) is -0.368. The lowest BCUT2D eigenvalue weighted by molar-refractivity contribution is -0.138. The molecule has 20 heavy (non-hydrogen) atoms. The van der Waals surface area contributed by atoms with Crippen molar-refractivity contribution in [2.24, 2.45) is 5.92 Å². The number of halogens is 1. The minimum absolute atomic E-state index is 0.00321. The van der Waals surface area contributed by atoms with E-state index in [9.17, 15) is 9.59 Å². The fourth-order valence-electron chi connectivity index (χ4n) is 1.78. The third-order valence-corrected chi connectivity index (χ3v) is 5.26. The van der Waals surface area contributed by atoms with E-state index in [1.54, 1.807) is 6.92 Å². The van der Waals surface area contributed by atoms with Crippen LogP contribution in [0.15, 0.2) is 15.9 Å². The maximum absolute atomic E-state index is 12.4. The van der Waals surface area contributed by atoms with Crippen molar-refractivity contribution in [3.63, 3.8) is 0 Å². The molecule has 1 amide bonds. The zero-order valence-corrected chi connectivity index (χ0v) is 14.7. The van der Waals surface area contributed by atoms with E-state index in [4.69, 9.17) is 4.74 Å². The molecule has 0 saturated heterocycles. The first-order chi connectivity index (χ1) is 9.22. The summed E-state index contributed by atoms with van der Waals surface area (Å²) < 4.78 is 6.21. The van der Waals surface area contributed by atoms with Crippen molar-refractivity contribution in [1.29, 1.82) is 0 Å². The number of methoxy groups -OCH3 is 1. The molecule has 4 nitrogen and oxygen atoms in total. The molecule has 0 aliphatic rings. The summed E-state index contributed by atoms with van der Waals surface area (Å²) in [6.07, 6.45) is -0.705. The molecule has 0 spiro atoms. The molecule has 0 aliphatic heterocycles. The van der Waals surface area contributed by atoms with E-state index in [0.717, 1.165) is 8.66 Å². The molecule has 0 radical (unpaired) electrons. The lowest BCUT2D eigenvalue weighted by Crippen LogP contribution is -2.56. The summed E-state index contributed by atoms with van der Waals surface area (Å²) in [6.45, 7) is 7.05. The molecule has 1 aromatic rings. The summed E-state index contributed by atoms with van der Waals surface area (Å²) >= 11 is 4.80. The van der Waals surface area contributed by atoms with Crippen molar-refractivity contribution < 1.29 is 14.3 Å². The van der Waals surface area contributed by atoms with Crippen molar-refractivity contribution >= 4 is 39.0 Å². The second-order valence-electron chi connectivity index (χ2n) is 5.16. The predicted octanol–water partition coefficient (Wildman–Crippen LogP) is 3.32. The predicted molar refractivity (Wildman–Crippen MR) is 83.8 cm³/mol. The molecule has 0 aliphatic carbocycles.